The van der Waals surface area contributed by atoms with E-state index in [0.29, 0.717) is 25.9 Å². The molecule has 2 aromatic rings. The lowest BCUT2D eigenvalue weighted by atomic mass is 9.96. The number of hydrogen-bond acceptors (Lipinski definition) is 3. The monoisotopic (exact) mass is 314 g/mol. The van der Waals surface area contributed by atoms with Gasteiger partial charge >= 0.3 is 0 Å². The predicted molar refractivity (Wildman–Crippen MR) is 88.3 cm³/mol. The fraction of sp³-hybridized carbons (Fsp3) is 0.471. The molecule has 0 unspecified atom stereocenters. The lowest BCUT2D eigenvalue weighted by Gasteiger charge is -2.30. The molecule has 6 heteroatoms. The first-order valence-corrected chi connectivity index (χ1v) is 7.98. The zero-order chi connectivity index (χ0) is 16.6. The van der Waals surface area contributed by atoms with Crippen LogP contribution in [0.1, 0.15) is 31.2 Å². The van der Waals surface area contributed by atoms with Gasteiger partial charge < -0.3 is 14.6 Å². The average molecular weight is 314 g/mol. The Kier molecular flexibility index (Phi) is 4.07. The lowest BCUT2D eigenvalue weighted by Crippen LogP contribution is -2.40. The summed E-state index contributed by atoms with van der Waals surface area (Å²) in [6, 6.07) is 3.79. The molecule has 0 bridgehead atoms. The minimum Gasteiger partial charge on any atom is -0.343 e. The molecule has 0 radical (unpaired) electrons. The van der Waals surface area contributed by atoms with Gasteiger partial charge in [-0.05, 0) is 38.8 Å². The van der Waals surface area contributed by atoms with Crippen molar-refractivity contribution in [3.8, 4) is 0 Å². The Hall–Kier alpha value is -2.37. The number of piperidine rings is 1. The third-order valence-corrected chi connectivity index (χ3v) is 4.69. The minimum atomic E-state index is -0.0528. The highest BCUT2D eigenvalue weighted by atomic mass is 16.2. The number of nitrogens with zero attached hydrogens (tertiary/aromatic N) is 3. The number of imidazole rings is 1. The molecule has 3 rings (SSSR count). The van der Waals surface area contributed by atoms with Crippen LogP contribution in [0.15, 0.2) is 18.3 Å². The third kappa shape index (κ3) is 2.93. The molecular formula is C17H22N4O2. The number of amides is 2. The molecular weight excluding hydrogens is 292 g/mol. The van der Waals surface area contributed by atoms with E-state index in [1.54, 1.807) is 11.8 Å². The van der Waals surface area contributed by atoms with Crippen LogP contribution in [0.4, 0.5) is 5.69 Å². The Bertz CT molecular complexity index is 757. The summed E-state index contributed by atoms with van der Waals surface area (Å²) in [6.07, 6.45) is 3.37. The van der Waals surface area contributed by atoms with E-state index < -0.39 is 0 Å². The highest BCUT2D eigenvalue weighted by molar-refractivity contribution is 5.96. The van der Waals surface area contributed by atoms with Crippen LogP contribution in [0.5, 0.6) is 0 Å². The number of likely N-dealkylation sites (tertiary alicyclic amines) is 1. The van der Waals surface area contributed by atoms with Crippen LogP contribution in [0.2, 0.25) is 0 Å². The van der Waals surface area contributed by atoms with Crippen LogP contribution in [-0.2, 0) is 9.59 Å². The van der Waals surface area contributed by atoms with Crippen LogP contribution < -0.4 is 5.32 Å². The van der Waals surface area contributed by atoms with Gasteiger partial charge in [-0.25, -0.2) is 4.98 Å². The van der Waals surface area contributed by atoms with Crippen molar-refractivity contribution in [3.05, 3.63) is 29.7 Å². The van der Waals surface area contributed by atoms with Gasteiger partial charge in [-0.1, -0.05) is 0 Å². The average Bonchev–Trinajstić information content (AvgIpc) is 2.84. The second-order valence-corrected chi connectivity index (χ2v) is 6.17. The number of carbonyl (C=O) groups is 2. The molecule has 1 aliphatic rings. The number of anilines is 1. The smallest absolute Gasteiger partial charge is 0.227 e. The normalized spacial score (nSPS) is 15.9. The molecule has 2 amide bonds. The summed E-state index contributed by atoms with van der Waals surface area (Å²) in [6.45, 7) is 6.85. The van der Waals surface area contributed by atoms with Gasteiger partial charge in [-0.2, -0.15) is 0 Å². The number of nitrogens with one attached hydrogen (secondary N) is 1. The van der Waals surface area contributed by atoms with E-state index >= 15 is 0 Å². The number of aryl methyl sites for hydroxylation is 2. The van der Waals surface area contributed by atoms with Gasteiger partial charge in [0.1, 0.15) is 0 Å². The number of hydrogen-bond donors (Lipinski definition) is 1. The van der Waals surface area contributed by atoms with E-state index in [9.17, 15) is 9.59 Å². The van der Waals surface area contributed by atoms with Gasteiger partial charge in [0.05, 0.1) is 11.4 Å². The molecule has 0 saturated carbocycles. The molecule has 0 aliphatic carbocycles. The molecule has 1 aliphatic heterocycles. The maximum atomic E-state index is 12.5. The molecule has 122 valence electrons. The van der Waals surface area contributed by atoms with Gasteiger partial charge in [0.2, 0.25) is 11.8 Å². The quantitative estimate of drug-likeness (QED) is 0.923. The van der Waals surface area contributed by atoms with Crippen molar-refractivity contribution < 1.29 is 9.59 Å². The van der Waals surface area contributed by atoms with E-state index in [4.69, 9.17) is 0 Å². The molecule has 1 saturated heterocycles. The summed E-state index contributed by atoms with van der Waals surface area (Å²) < 4.78 is 1.99. The fourth-order valence-electron chi connectivity index (χ4n) is 3.09. The van der Waals surface area contributed by atoms with Crippen LogP contribution in [-0.4, -0.2) is 39.2 Å². The lowest BCUT2D eigenvalue weighted by molar-refractivity contribution is -0.132. The van der Waals surface area contributed by atoms with Gasteiger partial charge in [0.15, 0.2) is 5.65 Å². The summed E-state index contributed by atoms with van der Waals surface area (Å²) >= 11 is 0. The van der Waals surface area contributed by atoms with Crippen molar-refractivity contribution in [3.63, 3.8) is 0 Å². The number of pyridine rings is 1. The van der Waals surface area contributed by atoms with E-state index in [1.165, 1.54) is 0 Å². The maximum Gasteiger partial charge on any atom is 0.227 e. The second-order valence-electron chi connectivity index (χ2n) is 6.17. The zero-order valence-corrected chi connectivity index (χ0v) is 13.8. The highest BCUT2D eigenvalue weighted by Crippen LogP contribution is 2.23. The van der Waals surface area contributed by atoms with Crippen LogP contribution in [0.25, 0.3) is 5.65 Å². The van der Waals surface area contributed by atoms with Crippen molar-refractivity contribution in [1.82, 2.24) is 14.3 Å². The van der Waals surface area contributed by atoms with Crippen molar-refractivity contribution in [2.45, 2.75) is 33.6 Å². The maximum absolute atomic E-state index is 12.5. The SMILES string of the molecule is CC(=O)N1CCC(C(=O)Nc2cccn3c(C)c(C)nc23)CC1. The summed E-state index contributed by atoms with van der Waals surface area (Å²) in [7, 11) is 0. The highest BCUT2D eigenvalue weighted by Gasteiger charge is 2.26. The first-order chi connectivity index (χ1) is 11.0. The van der Waals surface area contributed by atoms with E-state index in [-0.39, 0.29) is 17.7 Å². The Morgan fingerprint density at radius 3 is 2.61 bits per heavy atom. The molecule has 0 atom stereocenters. The second kappa shape index (κ2) is 6.02. The Balaban J connectivity index is 1.74. The van der Waals surface area contributed by atoms with E-state index in [1.807, 2.05) is 36.6 Å². The van der Waals surface area contributed by atoms with Crippen molar-refractivity contribution in [2.24, 2.45) is 5.92 Å². The predicted octanol–water partition coefficient (Wildman–Crippen LogP) is 2.15. The molecule has 23 heavy (non-hydrogen) atoms. The van der Waals surface area contributed by atoms with Gasteiger partial charge in [0, 0.05) is 37.8 Å². The van der Waals surface area contributed by atoms with Gasteiger partial charge in [-0.15, -0.1) is 0 Å². The summed E-state index contributed by atoms with van der Waals surface area (Å²) in [5.41, 5.74) is 3.55. The molecule has 1 fully saturated rings. The Morgan fingerprint density at radius 1 is 1.26 bits per heavy atom. The van der Waals surface area contributed by atoms with Crippen molar-refractivity contribution in [2.75, 3.05) is 18.4 Å². The van der Waals surface area contributed by atoms with Crippen LogP contribution in [0.3, 0.4) is 0 Å². The first kappa shape index (κ1) is 15.5. The molecule has 3 heterocycles. The summed E-state index contributed by atoms with van der Waals surface area (Å²) in [5.74, 6) is 0.0413. The Labute approximate surface area is 135 Å². The van der Waals surface area contributed by atoms with Gasteiger partial charge in [-0.3, -0.25) is 9.59 Å². The van der Waals surface area contributed by atoms with Gasteiger partial charge in [0.25, 0.3) is 0 Å². The summed E-state index contributed by atoms with van der Waals surface area (Å²) in [4.78, 5) is 30.2. The third-order valence-electron chi connectivity index (χ3n) is 4.69. The molecule has 6 nitrogen and oxygen atoms in total. The van der Waals surface area contributed by atoms with E-state index in [0.717, 1.165) is 22.7 Å². The topological polar surface area (TPSA) is 66.7 Å². The van der Waals surface area contributed by atoms with Crippen molar-refractivity contribution >= 4 is 23.1 Å². The molecule has 0 aromatic carbocycles. The number of aromatic nitrogens is 2. The number of fused-ring (bicyclic) bond motifs is 1. The molecule has 2 aromatic heterocycles. The largest absolute Gasteiger partial charge is 0.343 e. The Morgan fingerprint density at radius 2 is 1.96 bits per heavy atom. The zero-order valence-electron chi connectivity index (χ0n) is 13.8. The summed E-state index contributed by atoms with van der Waals surface area (Å²) in [5, 5.41) is 3.01. The van der Waals surface area contributed by atoms with Crippen LogP contribution >= 0.6 is 0 Å². The molecule has 1 N–H and O–H groups in total. The number of carbonyl (C=O) groups excluding carboxylic acids is 2. The standard InChI is InChI=1S/C17H22N4O2/c1-11-12(2)21-8-4-5-15(16(21)18-11)19-17(23)14-6-9-20(10-7-14)13(3)22/h4-5,8,14H,6-7,9-10H2,1-3H3,(H,19,23). The van der Waals surface area contributed by atoms with Crippen molar-refractivity contribution in [1.29, 1.82) is 0 Å². The van der Waals surface area contributed by atoms with Crippen LogP contribution in [0, 0.1) is 19.8 Å². The minimum absolute atomic E-state index is 0.0135. The first-order valence-electron chi connectivity index (χ1n) is 7.98. The number of rotatable bonds is 2. The molecule has 0 spiro atoms. The van der Waals surface area contributed by atoms with E-state index in [2.05, 4.69) is 10.3 Å². The fourth-order valence-corrected chi connectivity index (χ4v) is 3.09.